The lowest BCUT2D eigenvalue weighted by atomic mass is 10.1. The van der Waals surface area contributed by atoms with Crippen LogP contribution in [0.4, 0.5) is 0 Å². The molecule has 4 heteroatoms. The maximum absolute atomic E-state index is 5.23. The number of rotatable bonds is 6. The van der Waals surface area contributed by atoms with Gasteiger partial charge in [0.2, 0.25) is 0 Å². The van der Waals surface area contributed by atoms with Crippen LogP contribution in [0.2, 0.25) is 0 Å². The van der Waals surface area contributed by atoms with Crippen molar-refractivity contribution in [1.82, 2.24) is 10.3 Å². The summed E-state index contributed by atoms with van der Waals surface area (Å²) in [5.41, 5.74) is 1.19. The number of ether oxygens (including phenoxy) is 1. The zero-order valence-electron chi connectivity index (χ0n) is 12.0. The predicted molar refractivity (Wildman–Crippen MR) is 79.4 cm³/mol. The number of hydrogen-bond acceptors (Lipinski definition) is 4. The van der Waals surface area contributed by atoms with Crippen molar-refractivity contribution in [2.24, 2.45) is 0 Å². The van der Waals surface area contributed by atoms with Crippen molar-refractivity contribution in [2.45, 2.75) is 38.5 Å². The van der Waals surface area contributed by atoms with Gasteiger partial charge in [0, 0.05) is 22.7 Å². The molecule has 0 aliphatic heterocycles. The van der Waals surface area contributed by atoms with Crippen molar-refractivity contribution >= 4 is 11.8 Å². The van der Waals surface area contributed by atoms with E-state index in [1.165, 1.54) is 5.56 Å². The fourth-order valence-corrected chi connectivity index (χ4v) is 2.57. The van der Waals surface area contributed by atoms with Gasteiger partial charge in [-0.05, 0) is 18.2 Å². The number of aromatic nitrogens is 1. The van der Waals surface area contributed by atoms with Crippen molar-refractivity contribution in [3.8, 4) is 5.75 Å². The summed E-state index contributed by atoms with van der Waals surface area (Å²) in [4.78, 5) is 4.23. The molecule has 0 saturated carbocycles. The van der Waals surface area contributed by atoms with Gasteiger partial charge < -0.3 is 10.1 Å². The smallest absolute Gasteiger partial charge is 0.137 e. The molecular formula is C14H24N2OS. The molecule has 3 nitrogen and oxygen atoms in total. The average Bonchev–Trinajstić information content (AvgIpc) is 2.33. The molecule has 18 heavy (non-hydrogen) atoms. The number of nitrogens with one attached hydrogen (secondary N) is 1. The number of hydrogen-bond donors (Lipinski definition) is 1. The van der Waals surface area contributed by atoms with Crippen LogP contribution in [-0.2, 0) is 0 Å². The quantitative estimate of drug-likeness (QED) is 0.858. The van der Waals surface area contributed by atoms with Gasteiger partial charge in [0.05, 0.1) is 13.3 Å². The molecule has 1 aromatic rings. The largest absolute Gasteiger partial charge is 0.495 e. The number of pyridine rings is 1. The summed E-state index contributed by atoms with van der Waals surface area (Å²) in [6, 6.07) is 2.38. The molecule has 0 fully saturated rings. The topological polar surface area (TPSA) is 34.2 Å². The van der Waals surface area contributed by atoms with Gasteiger partial charge in [-0.3, -0.25) is 4.98 Å². The Bertz CT molecular complexity index is 363. The van der Waals surface area contributed by atoms with E-state index in [1.807, 2.05) is 18.0 Å². The maximum Gasteiger partial charge on any atom is 0.137 e. The van der Waals surface area contributed by atoms with Crippen molar-refractivity contribution < 1.29 is 4.74 Å². The summed E-state index contributed by atoms with van der Waals surface area (Å²) < 4.78 is 5.51. The third-order valence-corrected chi connectivity index (χ3v) is 3.87. The first-order valence-corrected chi connectivity index (χ1v) is 7.31. The van der Waals surface area contributed by atoms with Gasteiger partial charge in [0.25, 0.3) is 0 Å². The zero-order valence-corrected chi connectivity index (χ0v) is 12.8. The number of nitrogens with zero attached hydrogens (tertiary/aromatic N) is 1. The highest BCUT2D eigenvalue weighted by molar-refractivity contribution is 8.00. The molecule has 0 aliphatic rings. The van der Waals surface area contributed by atoms with Crippen LogP contribution in [0.1, 0.15) is 39.3 Å². The zero-order chi connectivity index (χ0) is 13.6. The first-order chi connectivity index (χ1) is 8.46. The Balaban J connectivity index is 2.76. The van der Waals surface area contributed by atoms with E-state index in [9.17, 15) is 0 Å². The predicted octanol–water partition coefficient (Wildman–Crippen LogP) is 3.27. The Labute approximate surface area is 115 Å². The summed E-state index contributed by atoms with van der Waals surface area (Å²) in [5, 5.41) is 3.51. The summed E-state index contributed by atoms with van der Waals surface area (Å²) in [6.45, 7) is 9.80. The Kier molecular flexibility index (Phi) is 5.96. The molecule has 102 valence electrons. The Hall–Kier alpha value is -0.740. The van der Waals surface area contributed by atoms with Crippen LogP contribution in [0.5, 0.6) is 5.75 Å². The van der Waals surface area contributed by atoms with Crippen molar-refractivity contribution in [2.75, 3.05) is 19.4 Å². The van der Waals surface area contributed by atoms with Gasteiger partial charge in [-0.25, -0.2) is 0 Å². The molecule has 0 saturated heterocycles. The van der Waals surface area contributed by atoms with E-state index in [-0.39, 0.29) is 4.75 Å². The molecule has 1 unspecified atom stereocenters. The van der Waals surface area contributed by atoms with Gasteiger partial charge in [-0.2, -0.15) is 11.8 Å². The van der Waals surface area contributed by atoms with E-state index < -0.39 is 0 Å². The van der Waals surface area contributed by atoms with Gasteiger partial charge >= 0.3 is 0 Å². The molecule has 1 N–H and O–H groups in total. The third-order valence-electron chi connectivity index (χ3n) is 2.51. The molecule has 1 rings (SSSR count). The molecule has 0 amide bonds. The van der Waals surface area contributed by atoms with Crippen LogP contribution < -0.4 is 10.1 Å². The van der Waals surface area contributed by atoms with E-state index in [0.29, 0.717) is 6.04 Å². The fraction of sp³-hybridized carbons (Fsp3) is 0.643. The first kappa shape index (κ1) is 15.3. The summed E-state index contributed by atoms with van der Waals surface area (Å²) >= 11 is 1.96. The summed E-state index contributed by atoms with van der Waals surface area (Å²) in [6.07, 6.45) is 3.66. The summed E-state index contributed by atoms with van der Waals surface area (Å²) in [7, 11) is 1.67. The van der Waals surface area contributed by atoms with Crippen LogP contribution >= 0.6 is 11.8 Å². The summed E-state index contributed by atoms with van der Waals surface area (Å²) in [5.74, 6) is 1.85. The van der Waals surface area contributed by atoms with Crippen LogP contribution in [0.3, 0.4) is 0 Å². The average molecular weight is 268 g/mol. The van der Waals surface area contributed by atoms with Gasteiger partial charge in [-0.15, -0.1) is 0 Å². The minimum Gasteiger partial charge on any atom is -0.495 e. The van der Waals surface area contributed by atoms with Crippen LogP contribution in [-0.4, -0.2) is 29.1 Å². The minimum absolute atomic E-state index is 0.278. The molecule has 0 radical (unpaired) electrons. The molecule has 1 atom stereocenters. The van der Waals surface area contributed by atoms with Crippen molar-refractivity contribution in [1.29, 1.82) is 0 Å². The monoisotopic (exact) mass is 268 g/mol. The fourth-order valence-electron chi connectivity index (χ4n) is 1.59. The lowest BCUT2D eigenvalue weighted by Crippen LogP contribution is -2.25. The Morgan fingerprint density at radius 3 is 2.67 bits per heavy atom. The van der Waals surface area contributed by atoms with Crippen molar-refractivity contribution in [3.05, 3.63) is 24.0 Å². The van der Waals surface area contributed by atoms with Crippen molar-refractivity contribution in [3.63, 3.8) is 0 Å². The van der Waals surface area contributed by atoms with Gasteiger partial charge in [0.15, 0.2) is 0 Å². The standard InChI is InChI=1S/C14H24N2OS/c1-6-16-13(10-18-14(2,3)4)11-7-12(17-5)9-15-8-11/h7-9,13,16H,6,10H2,1-5H3. The molecule has 0 bridgehead atoms. The number of thioether (sulfide) groups is 1. The molecular weight excluding hydrogens is 244 g/mol. The number of methoxy groups -OCH3 is 1. The second-order valence-electron chi connectivity index (χ2n) is 5.19. The van der Waals surface area contributed by atoms with Crippen LogP contribution in [0.15, 0.2) is 18.5 Å². The molecule has 1 heterocycles. The lowest BCUT2D eigenvalue weighted by Gasteiger charge is -2.23. The minimum atomic E-state index is 0.278. The maximum atomic E-state index is 5.23. The highest BCUT2D eigenvalue weighted by atomic mass is 32.2. The molecule has 0 aromatic carbocycles. The normalized spacial score (nSPS) is 13.4. The molecule has 1 aromatic heterocycles. The highest BCUT2D eigenvalue weighted by Gasteiger charge is 2.17. The third kappa shape index (κ3) is 5.27. The SMILES string of the molecule is CCNC(CSC(C)(C)C)c1cncc(OC)c1. The molecule has 0 aliphatic carbocycles. The highest BCUT2D eigenvalue weighted by Crippen LogP contribution is 2.29. The lowest BCUT2D eigenvalue weighted by molar-refractivity contribution is 0.411. The van der Waals surface area contributed by atoms with E-state index in [0.717, 1.165) is 18.0 Å². The Morgan fingerprint density at radius 2 is 2.11 bits per heavy atom. The van der Waals surface area contributed by atoms with Crippen LogP contribution in [0, 0.1) is 0 Å². The molecule has 0 spiro atoms. The second kappa shape index (κ2) is 7.00. The Morgan fingerprint density at radius 1 is 1.39 bits per heavy atom. The van der Waals surface area contributed by atoms with Crippen LogP contribution in [0.25, 0.3) is 0 Å². The van der Waals surface area contributed by atoms with E-state index >= 15 is 0 Å². The second-order valence-corrected chi connectivity index (χ2v) is 7.04. The van der Waals surface area contributed by atoms with E-state index in [4.69, 9.17) is 4.74 Å². The first-order valence-electron chi connectivity index (χ1n) is 6.32. The van der Waals surface area contributed by atoms with Gasteiger partial charge in [0.1, 0.15) is 5.75 Å². The van der Waals surface area contributed by atoms with Gasteiger partial charge in [-0.1, -0.05) is 27.7 Å². The van der Waals surface area contributed by atoms with E-state index in [1.54, 1.807) is 13.3 Å². The van der Waals surface area contributed by atoms with E-state index in [2.05, 4.69) is 44.1 Å².